The molecule has 0 aromatic rings. The maximum atomic E-state index is 10.9. The molecular formula is C7H13NO2. The zero-order valence-electron chi connectivity index (χ0n) is 6.59. The van der Waals surface area contributed by atoms with Crippen molar-refractivity contribution in [2.24, 2.45) is 5.92 Å². The van der Waals surface area contributed by atoms with Crippen LogP contribution in [0, 0.1) is 5.92 Å². The van der Waals surface area contributed by atoms with Gasteiger partial charge < -0.3 is 0 Å². The van der Waals surface area contributed by atoms with Crippen molar-refractivity contribution in [3.63, 3.8) is 0 Å². The number of hydrogen-bond donors (Lipinski definition) is 1. The van der Waals surface area contributed by atoms with E-state index in [-0.39, 0.29) is 17.4 Å². The highest BCUT2D eigenvalue weighted by molar-refractivity contribution is 5.78. The minimum absolute atomic E-state index is 0.169. The molecule has 1 aliphatic rings. The molecule has 1 rings (SSSR count). The average Bonchev–Trinajstić information content (AvgIpc) is 1.97. The first kappa shape index (κ1) is 7.54. The van der Waals surface area contributed by atoms with E-state index in [1.807, 2.05) is 20.8 Å². The van der Waals surface area contributed by atoms with Crippen molar-refractivity contribution in [3.8, 4) is 0 Å². The number of nitrogens with zero attached hydrogens (tertiary/aromatic N) is 1. The monoisotopic (exact) mass is 143 g/mol. The molecule has 0 spiro atoms. The molecule has 0 aromatic heterocycles. The third kappa shape index (κ3) is 0.814. The molecule has 3 heteroatoms. The summed E-state index contributed by atoms with van der Waals surface area (Å²) in [5, 5.41) is 10.0. The fourth-order valence-corrected chi connectivity index (χ4v) is 1.13. The van der Waals surface area contributed by atoms with Crippen LogP contribution < -0.4 is 0 Å². The van der Waals surface area contributed by atoms with E-state index in [4.69, 9.17) is 0 Å². The van der Waals surface area contributed by atoms with Crippen LogP contribution in [0.2, 0.25) is 0 Å². The van der Waals surface area contributed by atoms with Crippen molar-refractivity contribution in [2.45, 2.75) is 32.7 Å². The first-order valence-electron chi connectivity index (χ1n) is 3.48. The number of amides is 1. The summed E-state index contributed by atoms with van der Waals surface area (Å²) in [5.74, 6) is 0.0718. The third-order valence-electron chi connectivity index (χ3n) is 2.47. The van der Waals surface area contributed by atoms with Crippen LogP contribution in [0.1, 0.15) is 27.2 Å². The van der Waals surface area contributed by atoms with Crippen molar-refractivity contribution >= 4 is 5.91 Å². The van der Waals surface area contributed by atoms with E-state index >= 15 is 0 Å². The Balaban J connectivity index is 2.85. The molecule has 1 unspecified atom stereocenters. The minimum atomic E-state index is -0.378. The Labute approximate surface area is 60.6 Å². The Bertz CT molecular complexity index is 165. The highest BCUT2D eigenvalue weighted by atomic mass is 16.5. The summed E-state index contributed by atoms with van der Waals surface area (Å²) in [6.45, 7) is 5.69. The summed E-state index contributed by atoms with van der Waals surface area (Å²) in [7, 11) is 0. The van der Waals surface area contributed by atoms with E-state index in [9.17, 15) is 10.0 Å². The van der Waals surface area contributed by atoms with Crippen molar-refractivity contribution in [2.75, 3.05) is 0 Å². The van der Waals surface area contributed by atoms with E-state index < -0.39 is 0 Å². The van der Waals surface area contributed by atoms with Gasteiger partial charge >= 0.3 is 0 Å². The Morgan fingerprint density at radius 3 is 2.30 bits per heavy atom. The second-order valence-electron chi connectivity index (χ2n) is 3.46. The maximum absolute atomic E-state index is 10.9. The predicted molar refractivity (Wildman–Crippen MR) is 36.5 cm³/mol. The zero-order valence-corrected chi connectivity index (χ0v) is 6.59. The third-order valence-corrected chi connectivity index (χ3v) is 2.47. The Kier molecular flexibility index (Phi) is 1.47. The molecular weight excluding hydrogens is 130 g/mol. The second kappa shape index (κ2) is 1.95. The van der Waals surface area contributed by atoms with Crippen LogP contribution in [-0.4, -0.2) is 21.7 Å². The number of hydrogen-bond acceptors (Lipinski definition) is 2. The SMILES string of the molecule is CC1CC(=O)N(O)C1(C)C. The molecule has 3 nitrogen and oxygen atoms in total. The lowest BCUT2D eigenvalue weighted by atomic mass is 9.91. The Hall–Kier alpha value is -0.570. The molecule has 1 atom stereocenters. The Morgan fingerprint density at radius 2 is 2.20 bits per heavy atom. The highest BCUT2D eigenvalue weighted by Gasteiger charge is 2.43. The van der Waals surface area contributed by atoms with Crippen LogP contribution >= 0.6 is 0 Å². The van der Waals surface area contributed by atoms with Gasteiger partial charge in [0.15, 0.2) is 0 Å². The van der Waals surface area contributed by atoms with Crippen LogP contribution in [0.3, 0.4) is 0 Å². The summed E-state index contributed by atoms with van der Waals surface area (Å²) in [6.07, 6.45) is 0.462. The van der Waals surface area contributed by atoms with Crippen LogP contribution in [0.5, 0.6) is 0 Å². The van der Waals surface area contributed by atoms with Gasteiger partial charge in [-0.2, -0.15) is 0 Å². The molecule has 1 N–H and O–H groups in total. The molecule has 0 bridgehead atoms. The number of rotatable bonds is 0. The standard InChI is InChI=1S/C7H13NO2/c1-5-4-6(9)8(10)7(5,2)3/h5,10H,4H2,1-3H3. The lowest BCUT2D eigenvalue weighted by Crippen LogP contribution is -2.40. The smallest absolute Gasteiger partial charge is 0.246 e. The van der Waals surface area contributed by atoms with Crippen LogP contribution in [0.25, 0.3) is 0 Å². The molecule has 0 aromatic carbocycles. The predicted octanol–water partition coefficient (Wildman–Crippen LogP) is 1.02. The molecule has 0 aliphatic carbocycles. The van der Waals surface area contributed by atoms with Gasteiger partial charge in [0, 0.05) is 6.42 Å². The normalized spacial score (nSPS) is 31.4. The quantitative estimate of drug-likeness (QED) is 0.514. The number of carbonyl (C=O) groups excluding carboxylic acids is 1. The van der Waals surface area contributed by atoms with Crippen molar-refractivity contribution in [1.29, 1.82) is 0 Å². The highest BCUT2D eigenvalue weighted by Crippen LogP contribution is 2.32. The average molecular weight is 143 g/mol. The van der Waals surface area contributed by atoms with Crippen molar-refractivity contribution in [1.82, 2.24) is 5.06 Å². The molecule has 1 amide bonds. The van der Waals surface area contributed by atoms with Crippen molar-refractivity contribution in [3.05, 3.63) is 0 Å². The summed E-state index contributed by atoms with van der Waals surface area (Å²) in [4.78, 5) is 10.9. The van der Waals surface area contributed by atoms with Gasteiger partial charge in [-0.05, 0) is 19.8 Å². The van der Waals surface area contributed by atoms with E-state index in [0.717, 1.165) is 5.06 Å². The lowest BCUT2D eigenvalue weighted by Gasteiger charge is -2.28. The van der Waals surface area contributed by atoms with Gasteiger partial charge in [0.2, 0.25) is 5.91 Å². The molecule has 58 valence electrons. The first-order valence-corrected chi connectivity index (χ1v) is 3.48. The van der Waals surface area contributed by atoms with Crippen LogP contribution in [0.4, 0.5) is 0 Å². The second-order valence-corrected chi connectivity index (χ2v) is 3.46. The zero-order chi connectivity index (χ0) is 7.94. The topological polar surface area (TPSA) is 40.5 Å². The minimum Gasteiger partial charge on any atom is -0.285 e. The maximum Gasteiger partial charge on any atom is 0.246 e. The van der Waals surface area contributed by atoms with E-state index in [1.165, 1.54) is 0 Å². The largest absolute Gasteiger partial charge is 0.285 e. The molecule has 10 heavy (non-hydrogen) atoms. The summed E-state index contributed by atoms with van der Waals surface area (Å²) in [5.41, 5.74) is -0.378. The van der Waals surface area contributed by atoms with E-state index in [1.54, 1.807) is 0 Å². The molecule has 1 heterocycles. The summed E-state index contributed by atoms with van der Waals surface area (Å²) >= 11 is 0. The van der Waals surface area contributed by atoms with E-state index in [0.29, 0.717) is 6.42 Å². The first-order chi connectivity index (χ1) is 4.46. The lowest BCUT2D eigenvalue weighted by molar-refractivity contribution is -0.178. The molecule has 0 saturated carbocycles. The molecule has 1 fully saturated rings. The van der Waals surface area contributed by atoms with Crippen LogP contribution in [0.15, 0.2) is 0 Å². The molecule has 1 aliphatic heterocycles. The van der Waals surface area contributed by atoms with Gasteiger partial charge in [-0.1, -0.05) is 6.92 Å². The van der Waals surface area contributed by atoms with Gasteiger partial charge in [-0.15, -0.1) is 0 Å². The van der Waals surface area contributed by atoms with Crippen LogP contribution in [-0.2, 0) is 4.79 Å². The van der Waals surface area contributed by atoms with Gasteiger partial charge in [-0.3, -0.25) is 10.0 Å². The number of carbonyl (C=O) groups is 1. The number of hydroxylamine groups is 2. The van der Waals surface area contributed by atoms with Gasteiger partial charge in [0.1, 0.15) is 0 Å². The van der Waals surface area contributed by atoms with Gasteiger partial charge in [0.25, 0.3) is 0 Å². The van der Waals surface area contributed by atoms with Gasteiger partial charge in [-0.25, -0.2) is 5.06 Å². The Morgan fingerprint density at radius 1 is 1.70 bits per heavy atom. The van der Waals surface area contributed by atoms with Gasteiger partial charge in [0.05, 0.1) is 5.54 Å². The fraction of sp³-hybridized carbons (Fsp3) is 0.857. The summed E-state index contributed by atoms with van der Waals surface area (Å²) in [6, 6.07) is 0. The fourth-order valence-electron chi connectivity index (χ4n) is 1.13. The van der Waals surface area contributed by atoms with Crippen molar-refractivity contribution < 1.29 is 10.0 Å². The molecule has 1 saturated heterocycles. The summed E-state index contributed by atoms with van der Waals surface area (Å²) < 4.78 is 0. The molecule has 0 radical (unpaired) electrons. The van der Waals surface area contributed by atoms with E-state index in [2.05, 4.69) is 0 Å².